The summed E-state index contributed by atoms with van der Waals surface area (Å²) in [5.41, 5.74) is 8.36. The Hall–Kier alpha value is -1.04. The number of hydrogen-bond acceptors (Lipinski definition) is 4. The van der Waals surface area contributed by atoms with E-state index in [1.165, 1.54) is 5.56 Å². The molecule has 116 valence electrons. The van der Waals surface area contributed by atoms with Gasteiger partial charge in [0.25, 0.3) is 0 Å². The van der Waals surface area contributed by atoms with Crippen molar-refractivity contribution in [1.82, 2.24) is 4.90 Å². The van der Waals surface area contributed by atoms with Gasteiger partial charge in [0.1, 0.15) is 6.10 Å². The monoisotopic (exact) mass is 308 g/mol. The SMILES string of the molecule is CSCC[C@H](N)C(=O)N1CCO[C@H](c2ccccc2C)C1. The van der Waals surface area contributed by atoms with E-state index in [0.717, 1.165) is 17.7 Å². The number of thioether (sulfide) groups is 1. The summed E-state index contributed by atoms with van der Waals surface area (Å²) in [6.07, 6.45) is 2.71. The van der Waals surface area contributed by atoms with Gasteiger partial charge in [0, 0.05) is 6.54 Å². The number of ether oxygens (including phenoxy) is 1. The maximum atomic E-state index is 12.4. The Morgan fingerprint density at radius 2 is 2.29 bits per heavy atom. The molecule has 1 aromatic carbocycles. The molecule has 1 aliphatic rings. The average molecular weight is 308 g/mol. The third kappa shape index (κ3) is 4.22. The summed E-state index contributed by atoms with van der Waals surface area (Å²) in [5, 5.41) is 0. The third-order valence-corrected chi connectivity index (χ3v) is 4.51. The van der Waals surface area contributed by atoms with Crippen LogP contribution in [-0.2, 0) is 9.53 Å². The highest BCUT2D eigenvalue weighted by Gasteiger charge is 2.28. The first-order valence-electron chi connectivity index (χ1n) is 7.34. The highest BCUT2D eigenvalue weighted by Crippen LogP contribution is 2.25. The van der Waals surface area contributed by atoms with Crippen molar-refractivity contribution in [1.29, 1.82) is 0 Å². The van der Waals surface area contributed by atoms with Crippen molar-refractivity contribution < 1.29 is 9.53 Å². The van der Waals surface area contributed by atoms with Gasteiger partial charge in [-0.2, -0.15) is 11.8 Å². The smallest absolute Gasteiger partial charge is 0.239 e. The Bertz CT molecular complexity index is 481. The first kappa shape index (κ1) is 16.3. The molecule has 0 spiro atoms. The van der Waals surface area contributed by atoms with Gasteiger partial charge in [-0.05, 0) is 36.5 Å². The molecule has 0 aromatic heterocycles. The van der Waals surface area contributed by atoms with Gasteiger partial charge in [0.15, 0.2) is 0 Å². The van der Waals surface area contributed by atoms with E-state index in [-0.39, 0.29) is 12.0 Å². The van der Waals surface area contributed by atoms with Crippen molar-refractivity contribution in [2.75, 3.05) is 31.7 Å². The molecule has 21 heavy (non-hydrogen) atoms. The Labute approximate surface area is 131 Å². The molecule has 0 unspecified atom stereocenters. The number of benzene rings is 1. The number of nitrogens with zero attached hydrogens (tertiary/aromatic N) is 1. The van der Waals surface area contributed by atoms with Crippen LogP contribution in [0.1, 0.15) is 23.7 Å². The molecule has 2 atom stereocenters. The van der Waals surface area contributed by atoms with Crippen LogP contribution >= 0.6 is 11.8 Å². The van der Waals surface area contributed by atoms with Gasteiger partial charge in [-0.15, -0.1) is 0 Å². The second kappa shape index (κ2) is 7.82. The molecule has 4 nitrogen and oxygen atoms in total. The van der Waals surface area contributed by atoms with Crippen LogP contribution in [0.15, 0.2) is 24.3 Å². The predicted octanol–water partition coefficient (Wildman–Crippen LogP) is 1.98. The van der Waals surface area contributed by atoms with E-state index in [9.17, 15) is 4.79 Å². The second-order valence-electron chi connectivity index (χ2n) is 5.39. The van der Waals surface area contributed by atoms with Crippen LogP contribution in [0.3, 0.4) is 0 Å². The molecular weight excluding hydrogens is 284 g/mol. The summed E-state index contributed by atoms with van der Waals surface area (Å²) in [6, 6.07) is 7.78. The minimum atomic E-state index is -0.395. The van der Waals surface area contributed by atoms with Crippen molar-refractivity contribution in [3.8, 4) is 0 Å². The molecule has 1 amide bonds. The van der Waals surface area contributed by atoms with Crippen LogP contribution in [0.2, 0.25) is 0 Å². The molecule has 2 N–H and O–H groups in total. The van der Waals surface area contributed by atoms with E-state index in [1.807, 2.05) is 23.3 Å². The number of amides is 1. The van der Waals surface area contributed by atoms with E-state index in [2.05, 4.69) is 19.1 Å². The van der Waals surface area contributed by atoms with Gasteiger partial charge in [0.2, 0.25) is 5.91 Å². The number of nitrogens with two attached hydrogens (primary N) is 1. The van der Waals surface area contributed by atoms with Crippen molar-refractivity contribution in [3.63, 3.8) is 0 Å². The number of rotatable bonds is 5. The molecular formula is C16H24N2O2S. The molecule has 1 heterocycles. The average Bonchev–Trinajstić information content (AvgIpc) is 2.52. The normalized spacial score (nSPS) is 20.3. The lowest BCUT2D eigenvalue weighted by molar-refractivity contribution is -0.140. The molecule has 5 heteroatoms. The summed E-state index contributed by atoms with van der Waals surface area (Å²) < 4.78 is 5.85. The molecule has 0 aliphatic carbocycles. The first-order valence-corrected chi connectivity index (χ1v) is 8.73. The lowest BCUT2D eigenvalue weighted by Gasteiger charge is -2.35. The largest absolute Gasteiger partial charge is 0.370 e. The van der Waals surface area contributed by atoms with Crippen LogP contribution in [0, 0.1) is 6.92 Å². The molecule has 0 radical (unpaired) electrons. The maximum Gasteiger partial charge on any atom is 0.239 e. The van der Waals surface area contributed by atoms with E-state index < -0.39 is 6.04 Å². The van der Waals surface area contributed by atoms with Crippen LogP contribution in [0.4, 0.5) is 0 Å². The molecule has 1 fully saturated rings. The van der Waals surface area contributed by atoms with Gasteiger partial charge < -0.3 is 15.4 Å². The molecule has 1 aliphatic heterocycles. The molecule has 1 saturated heterocycles. The van der Waals surface area contributed by atoms with Gasteiger partial charge in [0.05, 0.1) is 19.2 Å². The summed E-state index contributed by atoms with van der Waals surface area (Å²) in [5.74, 6) is 0.962. The minimum absolute atomic E-state index is 0.0448. The summed E-state index contributed by atoms with van der Waals surface area (Å²) in [4.78, 5) is 14.3. The topological polar surface area (TPSA) is 55.6 Å². The highest BCUT2D eigenvalue weighted by molar-refractivity contribution is 7.98. The van der Waals surface area contributed by atoms with Crippen LogP contribution in [-0.4, -0.2) is 48.6 Å². The van der Waals surface area contributed by atoms with Gasteiger partial charge in [-0.1, -0.05) is 24.3 Å². The molecule has 0 saturated carbocycles. The zero-order valence-corrected chi connectivity index (χ0v) is 13.6. The zero-order chi connectivity index (χ0) is 15.2. The third-order valence-electron chi connectivity index (χ3n) is 3.86. The lowest BCUT2D eigenvalue weighted by atomic mass is 10.0. The minimum Gasteiger partial charge on any atom is -0.370 e. The van der Waals surface area contributed by atoms with Gasteiger partial charge in [-0.3, -0.25) is 4.79 Å². The second-order valence-corrected chi connectivity index (χ2v) is 6.37. The van der Waals surface area contributed by atoms with Crippen molar-refractivity contribution in [2.24, 2.45) is 5.73 Å². The van der Waals surface area contributed by atoms with E-state index >= 15 is 0 Å². The molecule has 0 bridgehead atoms. The zero-order valence-electron chi connectivity index (χ0n) is 12.7. The fourth-order valence-corrected chi connectivity index (χ4v) is 3.08. The van der Waals surface area contributed by atoms with Crippen molar-refractivity contribution in [3.05, 3.63) is 35.4 Å². The Kier molecular flexibility index (Phi) is 6.08. The number of hydrogen-bond donors (Lipinski definition) is 1. The Morgan fingerprint density at radius 1 is 1.52 bits per heavy atom. The number of morpholine rings is 1. The van der Waals surface area contributed by atoms with Crippen molar-refractivity contribution in [2.45, 2.75) is 25.5 Å². The summed E-state index contributed by atoms with van der Waals surface area (Å²) in [7, 11) is 0. The van der Waals surface area contributed by atoms with E-state index in [1.54, 1.807) is 11.8 Å². The van der Waals surface area contributed by atoms with Gasteiger partial charge >= 0.3 is 0 Å². The lowest BCUT2D eigenvalue weighted by Crippen LogP contribution is -2.49. The maximum absolute atomic E-state index is 12.4. The van der Waals surface area contributed by atoms with Gasteiger partial charge in [-0.25, -0.2) is 0 Å². The number of aryl methyl sites for hydroxylation is 1. The van der Waals surface area contributed by atoms with E-state index in [0.29, 0.717) is 19.7 Å². The summed E-state index contributed by atoms with van der Waals surface area (Å²) in [6.45, 7) is 3.87. The fraction of sp³-hybridized carbons (Fsp3) is 0.562. The predicted molar refractivity (Wildman–Crippen MR) is 87.4 cm³/mol. The standard InChI is InChI=1S/C16H24N2O2S/c1-12-5-3-4-6-13(12)15-11-18(8-9-20-15)16(19)14(17)7-10-21-2/h3-6,14-15H,7-11,17H2,1-2H3/t14-,15-/m0/s1. The highest BCUT2D eigenvalue weighted by atomic mass is 32.2. The molecule has 2 rings (SSSR count). The van der Waals surface area contributed by atoms with Crippen LogP contribution in [0.5, 0.6) is 0 Å². The molecule has 1 aromatic rings. The quantitative estimate of drug-likeness (QED) is 0.903. The Balaban J connectivity index is 2.00. The van der Waals surface area contributed by atoms with Crippen molar-refractivity contribution >= 4 is 17.7 Å². The van der Waals surface area contributed by atoms with E-state index in [4.69, 9.17) is 10.5 Å². The summed E-state index contributed by atoms with van der Waals surface area (Å²) >= 11 is 1.72. The van der Waals surface area contributed by atoms with Crippen LogP contribution < -0.4 is 5.73 Å². The fourth-order valence-electron chi connectivity index (χ4n) is 2.59. The van der Waals surface area contributed by atoms with Crippen LogP contribution in [0.25, 0.3) is 0 Å². The number of carbonyl (C=O) groups is 1. The Morgan fingerprint density at radius 3 is 3.00 bits per heavy atom. The number of carbonyl (C=O) groups excluding carboxylic acids is 1. The first-order chi connectivity index (χ1) is 10.1.